The molecule has 0 aliphatic carbocycles. The van der Waals surface area contributed by atoms with Gasteiger partial charge in [0.15, 0.2) is 0 Å². The van der Waals surface area contributed by atoms with Crippen LogP contribution < -0.4 is 5.73 Å². The molecule has 2 N–H and O–H groups in total. The van der Waals surface area contributed by atoms with Gasteiger partial charge in [0.05, 0.1) is 0 Å². The molecular formula is C12H25N3. The van der Waals surface area contributed by atoms with Gasteiger partial charge in [-0.3, -0.25) is 4.90 Å². The lowest BCUT2D eigenvalue weighted by Crippen LogP contribution is -2.47. The molecular weight excluding hydrogens is 186 g/mol. The molecule has 0 aromatic rings. The predicted octanol–water partition coefficient (Wildman–Crippen LogP) is 0.894. The first-order valence-electron chi connectivity index (χ1n) is 6.45. The third kappa shape index (κ3) is 2.71. The Morgan fingerprint density at radius 3 is 2.73 bits per heavy atom. The Labute approximate surface area is 93.6 Å². The molecule has 0 spiro atoms. The van der Waals surface area contributed by atoms with Crippen LogP contribution in [0.2, 0.25) is 0 Å². The van der Waals surface area contributed by atoms with Crippen molar-refractivity contribution >= 4 is 0 Å². The maximum Gasteiger partial charge on any atom is 0.0238 e. The van der Waals surface area contributed by atoms with Gasteiger partial charge in [-0.15, -0.1) is 0 Å². The standard InChI is InChI=1S/C12H25N3/c1-14-9-6-12(10-14)15-8-3-2-4-11(15)5-7-13/h11-12H,2-10,13H2,1H3. The lowest BCUT2D eigenvalue weighted by atomic mass is 9.97. The van der Waals surface area contributed by atoms with E-state index in [0.717, 1.165) is 18.6 Å². The topological polar surface area (TPSA) is 32.5 Å². The van der Waals surface area contributed by atoms with Gasteiger partial charge >= 0.3 is 0 Å². The molecule has 2 aliphatic rings. The zero-order valence-corrected chi connectivity index (χ0v) is 9.99. The minimum atomic E-state index is 0.778. The number of hydrogen-bond acceptors (Lipinski definition) is 3. The van der Waals surface area contributed by atoms with Gasteiger partial charge in [-0.05, 0) is 52.4 Å². The van der Waals surface area contributed by atoms with Crippen LogP contribution in [0.5, 0.6) is 0 Å². The van der Waals surface area contributed by atoms with Crippen molar-refractivity contribution in [1.82, 2.24) is 9.80 Å². The summed E-state index contributed by atoms with van der Waals surface area (Å²) < 4.78 is 0. The van der Waals surface area contributed by atoms with Gasteiger partial charge in [-0.2, -0.15) is 0 Å². The van der Waals surface area contributed by atoms with E-state index in [9.17, 15) is 0 Å². The maximum absolute atomic E-state index is 5.71. The van der Waals surface area contributed by atoms with Gasteiger partial charge in [0.1, 0.15) is 0 Å². The van der Waals surface area contributed by atoms with E-state index in [1.165, 1.54) is 51.7 Å². The third-order valence-electron chi connectivity index (χ3n) is 4.01. The van der Waals surface area contributed by atoms with Gasteiger partial charge < -0.3 is 10.6 Å². The summed E-state index contributed by atoms with van der Waals surface area (Å²) in [5.41, 5.74) is 5.71. The average molecular weight is 211 g/mol. The molecule has 2 heterocycles. The molecule has 0 aromatic heterocycles. The van der Waals surface area contributed by atoms with Crippen molar-refractivity contribution in [3.8, 4) is 0 Å². The summed E-state index contributed by atoms with van der Waals surface area (Å²) in [4.78, 5) is 5.21. The number of piperidine rings is 1. The highest BCUT2D eigenvalue weighted by Crippen LogP contribution is 2.25. The fourth-order valence-corrected chi connectivity index (χ4v) is 3.19. The Kier molecular flexibility index (Phi) is 4.00. The summed E-state index contributed by atoms with van der Waals surface area (Å²) in [6.45, 7) is 4.70. The number of nitrogens with zero attached hydrogens (tertiary/aromatic N) is 2. The smallest absolute Gasteiger partial charge is 0.0238 e. The van der Waals surface area contributed by atoms with E-state index in [1.807, 2.05) is 0 Å². The van der Waals surface area contributed by atoms with Crippen molar-refractivity contribution < 1.29 is 0 Å². The fraction of sp³-hybridized carbons (Fsp3) is 1.00. The minimum Gasteiger partial charge on any atom is -0.330 e. The van der Waals surface area contributed by atoms with Crippen molar-refractivity contribution in [2.45, 2.75) is 44.2 Å². The van der Waals surface area contributed by atoms with Crippen LogP contribution in [0.15, 0.2) is 0 Å². The Balaban J connectivity index is 1.92. The summed E-state index contributed by atoms with van der Waals surface area (Å²) in [6, 6.07) is 1.59. The van der Waals surface area contributed by atoms with Crippen LogP contribution in [-0.4, -0.2) is 55.1 Å². The molecule has 2 saturated heterocycles. The summed E-state index contributed by atoms with van der Waals surface area (Å²) in [7, 11) is 2.24. The van der Waals surface area contributed by atoms with Gasteiger partial charge in [-0.25, -0.2) is 0 Å². The van der Waals surface area contributed by atoms with Gasteiger partial charge in [0.25, 0.3) is 0 Å². The lowest BCUT2D eigenvalue weighted by Gasteiger charge is -2.39. The second-order valence-electron chi connectivity index (χ2n) is 5.17. The average Bonchev–Trinajstić information content (AvgIpc) is 2.66. The molecule has 0 radical (unpaired) electrons. The molecule has 0 saturated carbocycles. The van der Waals surface area contributed by atoms with Crippen LogP contribution in [0.3, 0.4) is 0 Å². The van der Waals surface area contributed by atoms with E-state index in [2.05, 4.69) is 16.8 Å². The quantitative estimate of drug-likeness (QED) is 0.752. The molecule has 2 rings (SSSR count). The summed E-state index contributed by atoms with van der Waals surface area (Å²) in [5, 5.41) is 0. The molecule has 3 heteroatoms. The third-order valence-corrected chi connectivity index (χ3v) is 4.01. The van der Waals surface area contributed by atoms with Crippen molar-refractivity contribution in [3.05, 3.63) is 0 Å². The number of nitrogens with two attached hydrogens (primary N) is 1. The van der Waals surface area contributed by atoms with E-state index in [-0.39, 0.29) is 0 Å². The normalized spacial score (nSPS) is 34.8. The van der Waals surface area contributed by atoms with Crippen LogP contribution in [0.4, 0.5) is 0 Å². The minimum absolute atomic E-state index is 0.778. The molecule has 2 unspecified atom stereocenters. The van der Waals surface area contributed by atoms with Gasteiger partial charge in [0, 0.05) is 18.6 Å². The first-order valence-corrected chi connectivity index (χ1v) is 6.45. The summed E-state index contributed by atoms with van der Waals surface area (Å²) in [5.74, 6) is 0. The van der Waals surface area contributed by atoms with Crippen LogP contribution in [0, 0.1) is 0 Å². The molecule has 0 amide bonds. The zero-order chi connectivity index (χ0) is 10.7. The Hall–Kier alpha value is -0.120. The number of likely N-dealkylation sites (tertiary alicyclic amines) is 2. The second kappa shape index (κ2) is 5.28. The molecule has 88 valence electrons. The first-order chi connectivity index (χ1) is 7.31. The van der Waals surface area contributed by atoms with Crippen LogP contribution in [-0.2, 0) is 0 Å². The lowest BCUT2D eigenvalue weighted by molar-refractivity contribution is 0.0940. The largest absolute Gasteiger partial charge is 0.330 e. The van der Waals surface area contributed by atoms with Gasteiger partial charge in [0.2, 0.25) is 0 Å². The number of likely N-dealkylation sites (N-methyl/N-ethyl adjacent to an activating group) is 1. The monoisotopic (exact) mass is 211 g/mol. The van der Waals surface area contributed by atoms with E-state index >= 15 is 0 Å². The first kappa shape index (κ1) is 11.4. The van der Waals surface area contributed by atoms with Crippen molar-refractivity contribution in [3.63, 3.8) is 0 Å². The van der Waals surface area contributed by atoms with E-state index in [4.69, 9.17) is 5.73 Å². The van der Waals surface area contributed by atoms with E-state index in [1.54, 1.807) is 0 Å². The highest BCUT2D eigenvalue weighted by Gasteiger charge is 2.31. The molecule has 0 aromatic carbocycles. The molecule has 2 fully saturated rings. The molecule has 2 aliphatic heterocycles. The molecule has 3 nitrogen and oxygen atoms in total. The number of hydrogen-bond donors (Lipinski definition) is 1. The molecule has 15 heavy (non-hydrogen) atoms. The predicted molar refractivity (Wildman–Crippen MR) is 63.9 cm³/mol. The van der Waals surface area contributed by atoms with Crippen molar-refractivity contribution in [2.24, 2.45) is 5.73 Å². The van der Waals surface area contributed by atoms with Crippen LogP contribution >= 0.6 is 0 Å². The maximum atomic E-state index is 5.71. The Morgan fingerprint density at radius 2 is 2.07 bits per heavy atom. The SMILES string of the molecule is CN1CCC(N2CCCCC2CCN)C1. The van der Waals surface area contributed by atoms with Crippen molar-refractivity contribution in [1.29, 1.82) is 0 Å². The Morgan fingerprint density at radius 1 is 1.20 bits per heavy atom. The van der Waals surface area contributed by atoms with Gasteiger partial charge in [-0.1, -0.05) is 6.42 Å². The molecule has 2 atom stereocenters. The van der Waals surface area contributed by atoms with E-state index in [0.29, 0.717) is 0 Å². The van der Waals surface area contributed by atoms with Crippen LogP contribution in [0.25, 0.3) is 0 Å². The zero-order valence-electron chi connectivity index (χ0n) is 9.99. The Bertz CT molecular complexity index is 189. The summed E-state index contributed by atoms with van der Waals surface area (Å²) >= 11 is 0. The number of rotatable bonds is 3. The van der Waals surface area contributed by atoms with E-state index < -0.39 is 0 Å². The van der Waals surface area contributed by atoms with Crippen molar-refractivity contribution in [2.75, 3.05) is 33.2 Å². The second-order valence-corrected chi connectivity index (χ2v) is 5.17. The highest BCUT2D eigenvalue weighted by atomic mass is 15.3. The molecule has 0 bridgehead atoms. The summed E-state index contributed by atoms with van der Waals surface area (Å²) in [6.07, 6.45) is 6.72. The fourth-order valence-electron chi connectivity index (χ4n) is 3.19. The van der Waals surface area contributed by atoms with Crippen LogP contribution in [0.1, 0.15) is 32.1 Å². The highest BCUT2D eigenvalue weighted by molar-refractivity contribution is 4.88.